The Labute approximate surface area is 124 Å². The molecule has 6 heteroatoms. The van der Waals surface area contributed by atoms with Crippen molar-refractivity contribution in [1.82, 2.24) is 10.3 Å². The Bertz CT molecular complexity index is 606. The first-order valence-corrected chi connectivity index (χ1v) is 7.22. The monoisotopic (exact) mass is 287 g/mol. The molecule has 0 fully saturated rings. The van der Waals surface area contributed by atoms with E-state index in [1.807, 2.05) is 25.7 Å². The molecule has 0 saturated heterocycles. The number of nitrogens with zero attached hydrogens (tertiary/aromatic N) is 3. The van der Waals surface area contributed by atoms with E-state index in [2.05, 4.69) is 15.3 Å². The number of allylic oxidation sites excluding steroid dienone is 1. The van der Waals surface area contributed by atoms with Crippen LogP contribution in [0.5, 0.6) is 0 Å². The summed E-state index contributed by atoms with van der Waals surface area (Å²) in [4.78, 5) is 23.1. The van der Waals surface area contributed by atoms with Gasteiger partial charge in [-0.15, -0.1) is 0 Å². The lowest BCUT2D eigenvalue weighted by Crippen LogP contribution is -2.26. The molecule has 1 aromatic heterocycles. The van der Waals surface area contributed by atoms with Gasteiger partial charge in [-0.3, -0.25) is 4.79 Å². The highest BCUT2D eigenvalue weighted by atomic mass is 16.1. The third-order valence-electron chi connectivity index (χ3n) is 3.36. The Morgan fingerprint density at radius 3 is 2.81 bits per heavy atom. The van der Waals surface area contributed by atoms with Crippen molar-refractivity contribution in [2.75, 3.05) is 11.4 Å². The minimum atomic E-state index is -0.159. The maximum Gasteiger partial charge on any atom is 0.259 e. The molecular formula is C15H21N5O. The van der Waals surface area contributed by atoms with Gasteiger partial charge in [0.05, 0.1) is 11.3 Å². The zero-order valence-electron chi connectivity index (χ0n) is 12.7. The molecule has 112 valence electrons. The number of nitrogens with two attached hydrogens (primary N) is 1. The maximum absolute atomic E-state index is 12.3. The van der Waals surface area contributed by atoms with Gasteiger partial charge in [0.2, 0.25) is 0 Å². The van der Waals surface area contributed by atoms with Crippen molar-refractivity contribution in [2.24, 2.45) is 10.7 Å². The average molecular weight is 287 g/mol. The number of fused-ring (bicyclic) bond motifs is 1. The van der Waals surface area contributed by atoms with Crippen LogP contribution in [-0.2, 0) is 0 Å². The fraction of sp³-hybridized carbons (Fsp3) is 0.400. The molecular weight excluding hydrogens is 266 g/mol. The Morgan fingerprint density at radius 1 is 1.43 bits per heavy atom. The highest BCUT2D eigenvalue weighted by molar-refractivity contribution is 6.01. The van der Waals surface area contributed by atoms with E-state index < -0.39 is 0 Å². The number of carbonyl (C=O) groups excluding carboxylic acids is 1. The van der Waals surface area contributed by atoms with Gasteiger partial charge in [0.25, 0.3) is 5.91 Å². The van der Waals surface area contributed by atoms with Crippen LogP contribution in [0.2, 0.25) is 0 Å². The molecule has 21 heavy (non-hydrogen) atoms. The maximum atomic E-state index is 12.3. The van der Waals surface area contributed by atoms with Crippen molar-refractivity contribution in [2.45, 2.75) is 33.6 Å². The molecule has 0 atom stereocenters. The molecule has 6 nitrogen and oxygen atoms in total. The van der Waals surface area contributed by atoms with Gasteiger partial charge >= 0.3 is 0 Å². The summed E-state index contributed by atoms with van der Waals surface area (Å²) >= 11 is 0. The summed E-state index contributed by atoms with van der Waals surface area (Å²) in [6, 6.07) is 3.52. The lowest BCUT2D eigenvalue weighted by Gasteiger charge is -2.23. The van der Waals surface area contributed by atoms with Gasteiger partial charge in [0.1, 0.15) is 11.7 Å². The number of amides is 1. The van der Waals surface area contributed by atoms with Gasteiger partial charge in [-0.2, -0.15) is 0 Å². The number of carbonyl (C=O) groups is 1. The molecule has 2 heterocycles. The SMILES string of the molecule is CCC1=C(/N=C(/N)CC)N(CC)c2ncccc2C(=O)N1. The van der Waals surface area contributed by atoms with Gasteiger partial charge < -0.3 is 16.0 Å². The van der Waals surface area contributed by atoms with Crippen LogP contribution >= 0.6 is 0 Å². The number of amidine groups is 1. The van der Waals surface area contributed by atoms with Crippen LogP contribution in [0.3, 0.4) is 0 Å². The van der Waals surface area contributed by atoms with E-state index in [0.29, 0.717) is 42.4 Å². The third-order valence-corrected chi connectivity index (χ3v) is 3.36. The van der Waals surface area contributed by atoms with Crippen molar-refractivity contribution in [1.29, 1.82) is 0 Å². The number of rotatable bonds is 4. The normalized spacial score (nSPS) is 15.7. The molecule has 1 amide bonds. The molecule has 0 aliphatic carbocycles. The molecule has 0 unspecified atom stereocenters. The first kappa shape index (κ1) is 15.0. The third kappa shape index (κ3) is 2.89. The topological polar surface area (TPSA) is 83.6 Å². The molecule has 2 rings (SSSR count). The number of pyridine rings is 1. The summed E-state index contributed by atoms with van der Waals surface area (Å²) in [5.74, 6) is 1.66. The number of nitrogens with one attached hydrogen (secondary N) is 1. The number of hydrogen-bond acceptors (Lipinski definition) is 4. The van der Waals surface area contributed by atoms with Crippen LogP contribution in [0.25, 0.3) is 0 Å². The Balaban J connectivity index is 2.65. The lowest BCUT2D eigenvalue weighted by molar-refractivity contribution is 0.0966. The second-order valence-corrected chi connectivity index (χ2v) is 4.69. The van der Waals surface area contributed by atoms with Gasteiger partial charge in [0, 0.05) is 19.2 Å². The molecule has 0 aromatic carbocycles. The van der Waals surface area contributed by atoms with Gasteiger partial charge in [-0.1, -0.05) is 13.8 Å². The minimum Gasteiger partial charge on any atom is -0.387 e. The van der Waals surface area contributed by atoms with Crippen LogP contribution < -0.4 is 16.0 Å². The van der Waals surface area contributed by atoms with Crippen molar-refractivity contribution in [3.05, 3.63) is 35.4 Å². The van der Waals surface area contributed by atoms with E-state index in [4.69, 9.17) is 5.73 Å². The Hall–Kier alpha value is -2.37. The van der Waals surface area contributed by atoms with Gasteiger partial charge in [-0.05, 0) is 25.5 Å². The van der Waals surface area contributed by atoms with Crippen LogP contribution in [-0.4, -0.2) is 23.3 Å². The molecule has 0 bridgehead atoms. The first-order valence-electron chi connectivity index (χ1n) is 7.22. The fourth-order valence-electron chi connectivity index (χ4n) is 2.20. The van der Waals surface area contributed by atoms with E-state index in [0.717, 1.165) is 5.70 Å². The van der Waals surface area contributed by atoms with E-state index in [1.165, 1.54) is 0 Å². The van der Waals surface area contributed by atoms with Crippen LogP contribution in [0, 0.1) is 0 Å². The summed E-state index contributed by atoms with van der Waals surface area (Å²) in [5, 5.41) is 2.92. The second kappa shape index (κ2) is 6.39. The zero-order valence-corrected chi connectivity index (χ0v) is 12.7. The molecule has 1 aliphatic heterocycles. The van der Waals surface area contributed by atoms with Gasteiger partial charge in [-0.25, -0.2) is 9.98 Å². The zero-order chi connectivity index (χ0) is 15.4. The molecule has 3 N–H and O–H groups in total. The second-order valence-electron chi connectivity index (χ2n) is 4.69. The van der Waals surface area contributed by atoms with Crippen molar-refractivity contribution in [3.63, 3.8) is 0 Å². The first-order chi connectivity index (χ1) is 10.1. The van der Waals surface area contributed by atoms with Gasteiger partial charge in [0.15, 0.2) is 5.82 Å². The highest BCUT2D eigenvalue weighted by Gasteiger charge is 2.26. The van der Waals surface area contributed by atoms with Crippen molar-refractivity contribution < 1.29 is 4.79 Å². The number of aliphatic imine (C=N–C) groups is 1. The van der Waals surface area contributed by atoms with E-state index in [-0.39, 0.29) is 5.91 Å². The molecule has 0 spiro atoms. The van der Waals surface area contributed by atoms with Crippen molar-refractivity contribution in [3.8, 4) is 0 Å². The Kier molecular flexibility index (Phi) is 4.57. The van der Waals surface area contributed by atoms with Crippen LogP contribution in [0.4, 0.5) is 5.82 Å². The Morgan fingerprint density at radius 2 is 2.19 bits per heavy atom. The predicted octanol–water partition coefficient (Wildman–Crippen LogP) is 2.00. The predicted molar refractivity (Wildman–Crippen MR) is 84.0 cm³/mol. The largest absolute Gasteiger partial charge is 0.387 e. The lowest BCUT2D eigenvalue weighted by atomic mass is 10.2. The number of aromatic nitrogens is 1. The van der Waals surface area contributed by atoms with E-state index >= 15 is 0 Å². The number of anilines is 1. The highest BCUT2D eigenvalue weighted by Crippen LogP contribution is 2.27. The van der Waals surface area contributed by atoms with Crippen molar-refractivity contribution >= 4 is 17.6 Å². The summed E-state index contributed by atoms with van der Waals surface area (Å²) < 4.78 is 0. The standard InChI is InChI=1S/C15H21N5O/c1-4-11-14(19-12(16)5-2)20(6-3)13-10(15(21)18-11)8-7-9-17-13/h7-9H,4-6H2,1-3H3,(H2,16,19)(H,18,21). The molecule has 1 aliphatic rings. The van der Waals surface area contributed by atoms with E-state index in [1.54, 1.807) is 18.3 Å². The summed E-state index contributed by atoms with van der Waals surface area (Å²) in [7, 11) is 0. The minimum absolute atomic E-state index is 0.159. The summed E-state index contributed by atoms with van der Waals surface area (Å²) in [6.07, 6.45) is 2.99. The van der Waals surface area contributed by atoms with E-state index in [9.17, 15) is 4.79 Å². The fourth-order valence-corrected chi connectivity index (χ4v) is 2.20. The molecule has 0 saturated carbocycles. The summed E-state index contributed by atoms with van der Waals surface area (Å²) in [5.41, 5.74) is 7.21. The molecule has 1 aromatic rings. The number of hydrogen-bond donors (Lipinski definition) is 2. The summed E-state index contributed by atoms with van der Waals surface area (Å²) in [6.45, 7) is 6.57. The van der Waals surface area contributed by atoms with Crippen LogP contribution in [0.15, 0.2) is 34.8 Å². The van der Waals surface area contributed by atoms with Crippen LogP contribution in [0.1, 0.15) is 44.0 Å². The average Bonchev–Trinajstić information content (AvgIpc) is 2.62. The smallest absolute Gasteiger partial charge is 0.259 e. The quantitative estimate of drug-likeness (QED) is 0.655. The molecule has 0 radical (unpaired) electrons.